The minimum Gasteiger partial charge on any atom is -0.453 e. The van der Waals surface area contributed by atoms with Gasteiger partial charge < -0.3 is 10.1 Å². The zero-order valence-electron chi connectivity index (χ0n) is 7.89. The van der Waals surface area contributed by atoms with Crippen molar-refractivity contribution >= 4 is 11.9 Å². The number of methoxy groups -OCH3 is 1. The molecule has 0 spiro atoms. The number of aromatic nitrogens is 2. The highest BCUT2D eigenvalue weighted by Crippen LogP contribution is 2.19. The molecular weight excluding hydrogens is 184 g/mol. The molecule has 0 aliphatic carbocycles. The number of nitrogens with one attached hydrogen (secondary N) is 3. The molecule has 1 aliphatic heterocycles. The largest absolute Gasteiger partial charge is 0.453 e. The Hall–Kier alpha value is -1.56. The molecule has 1 aromatic rings. The van der Waals surface area contributed by atoms with E-state index in [4.69, 9.17) is 0 Å². The first-order valence-corrected chi connectivity index (χ1v) is 4.43. The van der Waals surface area contributed by atoms with Crippen molar-refractivity contribution in [3.8, 4) is 0 Å². The number of fused-ring (bicyclic) bond motifs is 1. The van der Waals surface area contributed by atoms with Crippen molar-refractivity contribution in [2.24, 2.45) is 0 Å². The number of nitrogens with zero attached hydrogens (tertiary/aromatic N) is 1. The molecule has 0 aromatic carbocycles. The summed E-state index contributed by atoms with van der Waals surface area (Å²) in [6.07, 6.45) is 0.378. The third kappa shape index (κ3) is 1.56. The lowest BCUT2D eigenvalue weighted by molar-refractivity contribution is 0.187. The van der Waals surface area contributed by atoms with E-state index in [0.717, 1.165) is 30.8 Å². The van der Waals surface area contributed by atoms with Gasteiger partial charge in [0.2, 0.25) is 0 Å². The van der Waals surface area contributed by atoms with Gasteiger partial charge in [-0.1, -0.05) is 0 Å². The van der Waals surface area contributed by atoms with Gasteiger partial charge in [-0.25, -0.2) is 4.79 Å². The van der Waals surface area contributed by atoms with Crippen LogP contribution < -0.4 is 10.6 Å². The number of hydrogen-bond donors (Lipinski definition) is 3. The summed E-state index contributed by atoms with van der Waals surface area (Å²) in [5.41, 5.74) is 2.09. The summed E-state index contributed by atoms with van der Waals surface area (Å²) < 4.78 is 4.49. The van der Waals surface area contributed by atoms with Gasteiger partial charge in [0, 0.05) is 12.1 Å². The standard InChI is InChI=1S/C8H12N4O2/c1-14-8(13)10-7-5-2-3-9-4-6(5)11-12-7/h9H,2-4H2,1H3,(H2,10,11,12,13). The van der Waals surface area contributed by atoms with Gasteiger partial charge in [-0.3, -0.25) is 10.4 Å². The number of anilines is 1. The van der Waals surface area contributed by atoms with Crippen molar-refractivity contribution < 1.29 is 9.53 Å². The van der Waals surface area contributed by atoms with Crippen LogP contribution in [0.3, 0.4) is 0 Å². The Kier molecular flexibility index (Phi) is 2.36. The third-order valence-electron chi connectivity index (χ3n) is 2.21. The fourth-order valence-electron chi connectivity index (χ4n) is 1.49. The number of aromatic amines is 1. The number of carbonyl (C=O) groups is 1. The lowest BCUT2D eigenvalue weighted by Crippen LogP contribution is -2.24. The van der Waals surface area contributed by atoms with E-state index in [2.05, 4.69) is 25.6 Å². The van der Waals surface area contributed by atoms with Crippen LogP contribution in [0, 0.1) is 0 Å². The van der Waals surface area contributed by atoms with Crippen LogP contribution in [-0.4, -0.2) is 29.9 Å². The monoisotopic (exact) mass is 196 g/mol. The highest BCUT2D eigenvalue weighted by Gasteiger charge is 2.17. The molecule has 0 saturated carbocycles. The Morgan fingerprint density at radius 3 is 3.29 bits per heavy atom. The minimum atomic E-state index is -0.488. The molecule has 6 nitrogen and oxygen atoms in total. The molecule has 0 bridgehead atoms. The third-order valence-corrected chi connectivity index (χ3v) is 2.21. The van der Waals surface area contributed by atoms with Crippen LogP contribution in [0.2, 0.25) is 0 Å². The van der Waals surface area contributed by atoms with Crippen LogP contribution in [-0.2, 0) is 17.7 Å². The summed E-state index contributed by atoms with van der Waals surface area (Å²) in [6.45, 7) is 1.67. The van der Waals surface area contributed by atoms with E-state index in [9.17, 15) is 4.79 Å². The lowest BCUT2D eigenvalue weighted by atomic mass is 10.1. The summed E-state index contributed by atoms with van der Waals surface area (Å²) in [4.78, 5) is 11.0. The molecular formula is C8H12N4O2. The van der Waals surface area contributed by atoms with Gasteiger partial charge in [0.05, 0.1) is 12.8 Å². The van der Waals surface area contributed by atoms with Crippen molar-refractivity contribution in [2.75, 3.05) is 19.0 Å². The summed E-state index contributed by atoms with van der Waals surface area (Å²) in [6, 6.07) is 0. The van der Waals surface area contributed by atoms with E-state index in [1.807, 2.05) is 0 Å². The number of H-pyrrole nitrogens is 1. The average molecular weight is 196 g/mol. The van der Waals surface area contributed by atoms with Crippen molar-refractivity contribution in [3.63, 3.8) is 0 Å². The molecule has 3 N–H and O–H groups in total. The molecule has 2 rings (SSSR count). The first-order valence-electron chi connectivity index (χ1n) is 4.43. The van der Waals surface area contributed by atoms with Crippen molar-refractivity contribution in [2.45, 2.75) is 13.0 Å². The van der Waals surface area contributed by atoms with Gasteiger partial charge in [0.25, 0.3) is 0 Å². The summed E-state index contributed by atoms with van der Waals surface area (Å²) in [5.74, 6) is 0.577. The zero-order valence-corrected chi connectivity index (χ0v) is 7.89. The molecule has 0 unspecified atom stereocenters. The molecule has 0 radical (unpaired) electrons. The van der Waals surface area contributed by atoms with Crippen LogP contribution in [0.1, 0.15) is 11.3 Å². The summed E-state index contributed by atoms with van der Waals surface area (Å²) in [7, 11) is 1.33. The Bertz CT molecular complexity index is 347. The Labute approximate surface area is 81.0 Å². The molecule has 0 atom stereocenters. The Morgan fingerprint density at radius 1 is 1.64 bits per heavy atom. The number of rotatable bonds is 1. The van der Waals surface area contributed by atoms with E-state index < -0.39 is 6.09 Å². The van der Waals surface area contributed by atoms with E-state index in [-0.39, 0.29) is 0 Å². The first kappa shape index (κ1) is 9.01. The number of amides is 1. The van der Waals surface area contributed by atoms with Crippen LogP contribution in [0.25, 0.3) is 0 Å². The quantitative estimate of drug-likeness (QED) is 0.601. The second-order valence-electron chi connectivity index (χ2n) is 3.07. The molecule has 14 heavy (non-hydrogen) atoms. The highest BCUT2D eigenvalue weighted by atomic mass is 16.5. The maximum atomic E-state index is 11.0. The topological polar surface area (TPSA) is 79.0 Å². The molecule has 2 heterocycles. The van der Waals surface area contributed by atoms with Crippen LogP contribution in [0.15, 0.2) is 0 Å². The second kappa shape index (κ2) is 3.67. The fourth-order valence-corrected chi connectivity index (χ4v) is 1.49. The average Bonchev–Trinajstić information content (AvgIpc) is 2.62. The Balaban J connectivity index is 2.18. The summed E-state index contributed by atoms with van der Waals surface area (Å²) >= 11 is 0. The second-order valence-corrected chi connectivity index (χ2v) is 3.07. The summed E-state index contributed by atoms with van der Waals surface area (Å²) in [5, 5.41) is 12.7. The SMILES string of the molecule is COC(=O)Nc1n[nH]c2c1CCNC2. The van der Waals surface area contributed by atoms with Gasteiger partial charge in [-0.2, -0.15) is 5.10 Å². The Morgan fingerprint density at radius 2 is 2.50 bits per heavy atom. The molecule has 0 fully saturated rings. The van der Waals surface area contributed by atoms with Gasteiger partial charge in [0.1, 0.15) is 0 Å². The van der Waals surface area contributed by atoms with Gasteiger partial charge in [0.15, 0.2) is 5.82 Å². The lowest BCUT2D eigenvalue weighted by Gasteiger charge is -2.12. The minimum absolute atomic E-state index is 0.488. The van der Waals surface area contributed by atoms with Crippen molar-refractivity contribution in [1.29, 1.82) is 0 Å². The predicted octanol–water partition coefficient (Wildman–Crippen LogP) is 0.234. The van der Waals surface area contributed by atoms with Crippen LogP contribution >= 0.6 is 0 Å². The molecule has 1 aromatic heterocycles. The van der Waals surface area contributed by atoms with Gasteiger partial charge >= 0.3 is 6.09 Å². The van der Waals surface area contributed by atoms with Gasteiger partial charge in [-0.05, 0) is 13.0 Å². The number of ether oxygens (including phenoxy) is 1. The maximum absolute atomic E-state index is 11.0. The van der Waals surface area contributed by atoms with E-state index in [1.165, 1.54) is 7.11 Å². The van der Waals surface area contributed by atoms with Crippen LogP contribution in [0.5, 0.6) is 0 Å². The fraction of sp³-hybridized carbons (Fsp3) is 0.500. The maximum Gasteiger partial charge on any atom is 0.412 e. The predicted molar refractivity (Wildman–Crippen MR) is 50.0 cm³/mol. The van der Waals surface area contributed by atoms with Crippen molar-refractivity contribution in [1.82, 2.24) is 15.5 Å². The van der Waals surface area contributed by atoms with E-state index >= 15 is 0 Å². The van der Waals surface area contributed by atoms with Crippen LogP contribution in [0.4, 0.5) is 10.6 Å². The van der Waals surface area contributed by atoms with E-state index in [0.29, 0.717) is 5.82 Å². The van der Waals surface area contributed by atoms with E-state index in [1.54, 1.807) is 0 Å². The molecule has 0 saturated heterocycles. The molecule has 76 valence electrons. The van der Waals surface area contributed by atoms with Crippen molar-refractivity contribution in [3.05, 3.63) is 11.3 Å². The number of carbonyl (C=O) groups excluding carboxylic acids is 1. The zero-order chi connectivity index (χ0) is 9.97. The number of hydrogen-bond acceptors (Lipinski definition) is 4. The molecule has 6 heteroatoms. The smallest absolute Gasteiger partial charge is 0.412 e. The van der Waals surface area contributed by atoms with Gasteiger partial charge in [-0.15, -0.1) is 0 Å². The molecule has 1 amide bonds. The molecule has 1 aliphatic rings. The highest BCUT2D eigenvalue weighted by molar-refractivity contribution is 5.84. The normalized spacial score (nSPS) is 14.6. The first-order chi connectivity index (χ1) is 6.81.